The van der Waals surface area contributed by atoms with Crippen molar-refractivity contribution < 1.29 is 14.3 Å². The molecule has 1 aromatic rings. The topological polar surface area (TPSA) is 84.7 Å². The highest BCUT2D eigenvalue weighted by molar-refractivity contribution is 5.96. The Morgan fingerprint density at radius 3 is 2.30 bits per heavy atom. The van der Waals surface area contributed by atoms with Crippen molar-refractivity contribution in [3.8, 4) is 0 Å². The number of hydrogen-bond donors (Lipinski definition) is 2. The Kier molecular flexibility index (Phi) is 8.07. The van der Waals surface area contributed by atoms with Crippen LogP contribution in [0.15, 0.2) is 24.3 Å². The molecular formula is C20H30ClN3O3. The van der Waals surface area contributed by atoms with Crippen molar-refractivity contribution >= 4 is 29.9 Å². The predicted molar refractivity (Wildman–Crippen MR) is 108 cm³/mol. The van der Waals surface area contributed by atoms with Crippen LogP contribution in [-0.4, -0.2) is 49.6 Å². The molecule has 2 amide bonds. The maximum absolute atomic E-state index is 12.5. The molecular weight excluding hydrogens is 366 g/mol. The fraction of sp³-hybridized carbons (Fsp3) is 0.600. The maximum Gasteiger partial charge on any atom is 0.254 e. The van der Waals surface area contributed by atoms with Crippen molar-refractivity contribution in [3.05, 3.63) is 29.8 Å². The van der Waals surface area contributed by atoms with Gasteiger partial charge in [-0.05, 0) is 49.1 Å². The third kappa shape index (κ3) is 5.67. The first-order valence-corrected chi connectivity index (χ1v) is 9.59. The summed E-state index contributed by atoms with van der Waals surface area (Å²) in [5.41, 5.74) is 7.28. The highest BCUT2D eigenvalue weighted by Gasteiger charge is 2.33. The number of ether oxygens (including phenoxy) is 1. The highest BCUT2D eigenvalue weighted by atomic mass is 35.5. The number of halogens is 1. The zero-order chi connectivity index (χ0) is 18.4. The quantitative estimate of drug-likeness (QED) is 0.802. The summed E-state index contributed by atoms with van der Waals surface area (Å²) in [5.74, 6) is 0.0140. The van der Waals surface area contributed by atoms with Gasteiger partial charge in [0, 0.05) is 30.8 Å². The van der Waals surface area contributed by atoms with Gasteiger partial charge in [0.25, 0.3) is 5.91 Å². The number of carbonyl (C=O) groups excluding carboxylic acids is 2. The van der Waals surface area contributed by atoms with Gasteiger partial charge in [0.2, 0.25) is 5.91 Å². The standard InChI is InChI=1S/C20H29N3O3.ClH/c21-15-20(8-2-1-3-9-20)14-18(24)22-17-6-4-16(5-7-17)19(25)23-10-12-26-13-11-23;/h4-7H,1-3,8-15,21H2,(H,22,24);1H. The molecule has 0 aromatic heterocycles. The van der Waals surface area contributed by atoms with Crippen molar-refractivity contribution in [1.82, 2.24) is 4.90 Å². The number of nitrogens with zero attached hydrogens (tertiary/aromatic N) is 1. The van der Waals surface area contributed by atoms with Crippen LogP contribution < -0.4 is 11.1 Å². The molecule has 3 N–H and O–H groups in total. The molecule has 1 aliphatic heterocycles. The van der Waals surface area contributed by atoms with E-state index in [1.807, 2.05) is 0 Å². The molecule has 27 heavy (non-hydrogen) atoms. The summed E-state index contributed by atoms with van der Waals surface area (Å²) in [6.07, 6.45) is 6.08. The molecule has 1 saturated carbocycles. The van der Waals surface area contributed by atoms with E-state index in [-0.39, 0.29) is 29.6 Å². The Balaban J connectivity index is 0.00000261. The van der Waals surface area contributed by atoms with E-state index in [0.29, 0.717) is 44.8 Å². The second kappa shape index (κ2) is 10.1. The summed E-state index contributed by atoms with van der Waals surface area (Å²) in [7, 11) is 0. The fourth-order valence-electron chi connectivity index (χ4n) is 3.95. The van der Waals surface area contributed by atoms with Crippen LogP contribution in [0, 0.1) is 5.41 Å². The number of morpholine rings is 1. The highest BCUT2D eigenvalue weighted by Crippen LogP contribution is 2.38. The first kappa shape index (κ1) is 21.7. The molecule has 1 saturated heterocycles. The lowest BCUT2D eigenvalue weighted by atomic mass is 9.71. The molecule has 0 spiro atoms. The summed E-state index contributed by atoms with van der Waals surface area (Å²) < 4.78 is 5.28. The second-order valence-electron chi connectivity index (χ2n) is 7.47. The van der Waals surface area contributed by atoms with E-state index in [1.54, 1.807) is 29.2 Å². The van der Waals surface area contributed by atoms with Crippen molar-refractivity contribution in [2.75, 3.05) is 38.2 Å². The molecule has 2 aliphatic rings. The van der Waals surface area contributed by atoms with E-state index in [1.165, 1.54) is 6.42 Å². The van der Waals surface area contributed by atoms with Gasteiger partial charge in [-0.2, -0.15) is 0 Å². The Bertz CT molecular complexity index is 624. The first-order chi connectivity index (χ1) is 12.6. The molecule has 0 unspecified atom stereocenters. The Labute approximate surface area is 167 Å². The van der Waals surface area contributed by atoms with E-state index in [2.05, 4.69) is 5.32 Å². The van der Waals surface area contributed by atoms with Crippen LogP contribution >= 0.6 is 12.4 Å². The minimum atomic E-state index is -0.0471. The summed E-state index contributed by atoms with van der Waals surface area (Å²) in [6.45, 7) is 2.98. The van der Waals surface area contributed by atoms with Crippen molar-refractivity contribution in [2.45, 2.75) is 38.5 Å². The molecule has 6 nitrogen and oxygen atoms in total. The average Bonchev–Trinajstić information content (AvgIpc) is 2.69. The molecule has 2 fully saturated rings. The van der Waals surface area contributed by atoms with Crippen molar-refractivity contribution in [1.29, 1.82) is 0 Å². The number of benzene rings is 1. The number of nitrogens with two attached hydrogens (primary N) is 1. The van der Waals surface area contributed by atoms with Crippen LogP contribution in [0.25, 0.3) is 0 Å². The lowest BCUT2D eigenvalue weighted by Crippen LogP contribution is -2.40. The minimum absolute atomic E-state index is 0. The van der Waals surface area contributed by atoms with Crippen LogP contribution in [0.5, 0.6) is 0 Å². The number of rotatable bonds is 5. The molecule has 3 rings (SSSR count). The third-order valence-corrected chi connectivity index (χ3v) is 5.60. The van der Waals surface area contributed by atoms with Crippen LogP contribution in [0.2, 0.25) is 0 Å². The summed E-state index contributed by atoms with van der Waals surface area (Å²) in [6, 6.07) is 7.13. The Morgan fingerprint density at radius 2 is 1.70 bits per heavy atom. The van der Waals surface area contributed by atoms with E-state index in [9.17, 15) is 9.59 Å². The number of carbonyl (C=O) groups is 2. The van der Waals surface area contributed by atoms with E-state index < -0.39 is 0 Å². The van der Waals surface area contributed by atoms with E-state index in [4.69, 9.17) is 10.5 Å². The summed E-state index contributed by atoms with van der Waals surface area (Å²) >= 11 is 0. The molecule has 0 radical (unpaired) electrons. The number of amides is 2. The first-order valence-electron chi connectivity index (χ1n) is 9.59. The van der Waals surface area contributed by atoms with Crippen LogP contribution in [0.1, 0.15) is 48.9 Å². The molecule has 0 bridgehead atoms. The van der Waals surface area contributed by atoms with Gasteiger partial charge in [-0.1, -0.05) is 19.3 Å². The zero-order valence-electron chi connectivity index (χ0n) is 15.7. The number of anilines is 1. The van der Waals surface area contributed by atoms with E-state index >= 15 is 0 Å². The predicted octanol–water partition coefficient (Wildman–Crippen LogP) is 2.82. The van der Waals surface area contributed by atoms with Gasteiger partial charge >= 0.3 is 0 Å². The molecule has 1 heterocycles. The maximum atomic E-state index is 12.5. The van der Waals surface area contributed by atoms with Crippen LogP contribution in [0.4, 0.5) is 5.69 Å². The summed E-state index contributed by atoms with van der Waals surface area (Å²) in [5, 5.41) is 2.95. The second-order valence-corrected chi connectivity index (χ2v) is 7.47. The summed E-state index contributed by atoms with van der Waals surface area (Å²) in [4.78, 5) is 26.7. The smallest absolute Gasteiger partial charge is 0.254 e. The lowest BCUT2D eigenvalue weighted by molar-refractivity contribution is -0.118. The van der Waals surface area contributed by atoms with Gasteiger partial charge in [-0.25, -0.2) is 0 Å². The normalized spacial score (nSPS) is 19.1. The SMILES string of the molecule is Cl.NCC1(CC(=O)Nc2ccc(C(=O)N3CCOCC3)cc2)CCCCC1. The Morgan fingerprint density at radius 1 is 1.07 bits per heavy atom. The molecule has 1 aliphatic carbocycles. The van der Waals surface area contributed by atoms with Gasteiger partial charge in [0.05, 0.1) is 13.2 Å². The van der Waals surface area contributed by atoms with Gasteiger partial charge < -0.3 is 20.7 Å². The minimum Gasteiger partial charge on any atom is -0.378 e. The van der Waals surface area contributed by atoms with Gasteiger partial charge in [0.1, 0.15) is 0 Å². The van der Waals surface area contributed by atoms with Gasteiger partial charge in [0.15, 0.2) is 0 Å². The van der Waals surface area contributed by atoms with Crippen LogP contribution in [0.3, 0.4) is 0 Å². The average molecular weight is 396 g/mol. The Hall–Kier alpha value is -1.63. The number of nitrogens with one attached hydrogen (secondary N) is 1. The number of hydrogen-bond acceptors (Lipinski definition) is 4. The molecule has 1 aromatic carbocycles. The van der Waals surface area contributed by atoms with E-state index in [0.717, 1.165) is 31.4 Å². The zero-order valence-corrected chi connectivity index (χ0v) is 16.6. The third-order valence-electron chi connectivity index (χ3n) is 5.60. The fourth-order valence-corrected chi connectivity index (χ4v) is 3.95. The largest absolute Gasteiger partial charge is 0.378 e. The van der Waals surface area contributed by atoms with Crippen molar-refractivity contribution in [3.63, 3.8) is 0 Å². The molecule has 0 atom stereocenters. The van der Waals surface area contributed by atoms with Gasteiger partial charge in [-0.3, -0.25) is 9.59 Å². The molecule has 7 heteroatoms. The van der Waals surface area contributed by atoms with Crippen LogP contribution in [-0.2, 0) is 9.53 Å². The molecule has 150 valence electrons. The lowest BCUT2D eigenvalue weighted by Gasteiger charge is -2.35. The monoisotopic (exact) mass is 395 g/mol. The van der Waals surface area contributed by atoms with Crippen molar-refractivity contribution in [2.24, 2.45) is 11.1 Å². The van der Waals surface area contributed by atoms with Gasteiger partial charge in [-0.15, -0.1) is 12.4 Å².